The Balaban J connectivity index is 2.22. The zero-order valence-electron chi connectivity index (χ0n) is 12.8. The second-order valence-corrected chi connectivity index (χ2v) is 7.78. The Morgan fingerprint density at radius 2 is 2.26 bits per heavy atom. The molecule has 2 atom stereocenters. The molecule has 2 aliphatic rings. The van der Waals surface area contributed by atoms with Crippen molar-refractivity contribution in [2.24, 2.45) is 5.92 Å². The van der Waals surface area contributed by atoms with Crippen molar-refractivity contribution < 1.29 is 18.4 Å². The van der Waals surface area contributed by atoms with Gasteiger partial charge in [-0.15, -0.1) is 0 Å². The SMILES string of the molecule is CC[C@H](C)[C@@H](CC(=O)NO)NS(=O)(=O)C1=CC=CN2SNC=C12. The van der Waals surface area contributed by atoms with Crippen LogP contribution in [-0.2, 0) is 14.8 Å². The summed E-state index contributed by atoms with van der Waals surface area (Å²) in [7, 11) is -3.81. The van der Waals surface area contributed by atoms with Gasteiger partial charge < -0.3 is 4.72 Å². The number of rotatable bonds is 7. The highest BCUT2D eigenvalue weighted by Crippen LogP contribution is 2.33. The molecule has 1 amide bonds. The number of nitrogens with zero attached hydrogens (tertiary/aromatic N) is 1. The molecule has 0 aliphatic carbocycles. The fraction of sp³-hybridized carbons (Fsp3) is 0.462. The van der Waals surface area contributed by atoms with E-state index in [2.05, 4.69) is 9.44 Å². The third-order valence-corrected chi connectivity index (χ3v) is 6.04. The Hall–Kier alpha value is -1.49. The average Bonchev–Trinajstić information content (AvgIpc) is 3.01. The molecule has 10 heteroatoms. The predicted octanol–water partition coefficient (Wildman–Crippen LogP) is 0.937. The van der Waals surface area contributed by atoms with Crippen LogP contribution in [0.5, 0.6) is 0 Å². The molecule has 0 spiro atoms. The van der Waals surface area contributed by atoms with Crippen LogP contribution in [0.15, 0.2) is 35.2 Å². The second-order valence-electron chi connectivity index (χ2n) is 5.29. The van der Waals surface area contributed by atoms with Gasteiger partial charge in [-0.25, -0.2) is 18.6 Å². The molecule has 0 aromatic carbocycles. The van der Waals surface area contributed by atoms with Crippen LogP contribution in [0.4, 0.5) is 0 Å². The molecule has 0 fully saturated rings. The van der Waals surface area contributed by atoms with Crippen molar-refractivity contribution in [1.29, 1.82) is 0 Å². The van der Waals surface area contributed by atoms with E-state index in [0.717, 1.165) is 0 Å². The van der Waals surface area contributed by atoms with Gasteiger partial charge in [0.1, 0.15) is 4.91 Å². The molecule has 0 aromatic rings. The summed E-state index contributed by atoms with van der Waals surface area (Å²) in [5, 5.41) is 8.68. The maximum absolute atomic E-state index is 12.7. The van der Waals surface area contributed by atoms with Crippen molar-refractivity contribution in [3.63, 3.8) is 0 Å². The number of hydrogen-bond acceptors (Lipinski definition) is 7. The smallest absolute Gasteiger partial charge is 0.244 e. The van der Waals surface area contributed by atoms with Gasteiger partial charge in [-0.2, -0.15) is 0 Å². The highest BCUT2D eigenvalue weighted by molar-refractivity contribution is 7.96. The number of allylic oxidation sites excluding steroid dienone is 2. The topological polar surface area (TPSA) is 111 Å². The first-order chi connectivity index (χ1) is 10.9. The number of carbonyl (C=O) groups is 1. The minimum absolute atomic E-state index is 0.0667. The van der Waals surface area contributed by atoms with Crippen LogP contribution >= 0.6 is 12.1 Å². The number of fused-ring (bicyclic) bond motifs is 1. The molecule has 0 aromatic heterocycles. The lowest BCUT2D eigenvalue weighted by molar-refractivity contribution is -0.129. The Morgan fingerprint density at radius 3 is 2.91 bits per heavy atom. The molecule has 2 aliphatic heterocycles. The molecule has 0 bridgehead atoms. The molecule has 4 N–H and O–H groups in total. The minimum atomic E-state index is -3.81. The number of hydroxylamine groups is 1. The van der Waals surface area contributed by atoms with Crippen molar-refractivity contribution in [2.45, 2.75) is 32.7 Å². The third kappa shape index (κ3) is 4.08. The number of hydrogen-bond donors (Lipinski definition) is 4. The maximum atomic E-state index is 12.7. The fourth-order valence-corrected chi connectivity index (χ4v) is 4.46. The highest BCUT2D eigenvalue weighted by Gasteiger charge is 2.32. The van der Waals surface area contributed by atoms with Crippen molar-refractivity contribution >= 4 is 28.1 Å². The largest absolute Gasteiger partial charge is 0.316 e. The molecule has 23 heavy (non-hydrogen) atoms. The molecule has 2 heterocycles. The van der Waals surface area contributed by atoms with Crippen LogP contribution in [0.25, 0.3) is 0 Å². The summed E-state index contributed by atoms with van der Waals surface area (Å²) in [5.74, 6) is -0.697. The van der Waals surface area contributed by atoms with E-state index >= 15 is 0 Å². The van der Waals surface area contributed by atoms with E-state index in [1.165, 1.54) is 18.2 Å². The van der Waals surface area contributed by atoms with Gasteiger partial charge in [0.2, 0.25) is 15.9 Å². The van der Waals surface area contributed by atoms with Gasteiger partial charge >= 0.3 is 0 Å². The predicted molar refractivity (Wildman–Crippen MR) is 87.7 cm³/mol. The summed E-state index contributed by atoms with van der Waals surface area (Å²) >= 11 is 1.26. The average molecular weight is 360 g/mol. The molecule has 0 radical (unpaired) electrons. The molecule has 128 valence electrons. The first-order valence-corrected chi connectivity index (χ1v) is 9.40. The number of amides is 1. The Bertz CT molecular complexity index is 657. The van der Waals surface area contributed by atoms with Crippen molar-refractivity contribution in [3.8, 4) is 0 Å². The first kappa shape index (κ1) is 17.9. The van der Waals surface area contributed by atoms with Crippen LogP contribution in [0.3, 0.4) is 0 Å². The van der Waals surface area contributed by atoms with Gasteiger partial charge in [0.05, 0.1) is 17.8 Å². The minimum Gasteiger partial charge on any atom is -0.316 e. The van der Waals surface area contributed by atoms with Gasteiger partial charge in [0.15, 0.2) is 0 Å². The molecule has 2 rings (SSSR count). The second kappa shape index (κ2) is 7.39. The molecule has 0 saturated heterocycles. The summed E-state index contributed by atoms with van der Waals surface area (Å²) in [4.78, 5) is 11.6. The number of sulfonamides is 1. The van der Waals surface area contributed by atoms with Crippen LogP contribution in [-0.4, -0.2) is 29.9 Å². The fourth-order valence-electron chi connectivity index (χ4n) is 2.22. The molecular weight excluding hydrogens is 340 g/mol. The summed E-state index contributed by atoms with van der Waals surface area (Å²) in [6.45, 7) is 3.76. The first-order valence-electron chi connectivity index (χ1n) is 7.15. The van der Waals surface area contributed by atoms with Crippen LogP contribution in [0, 0.1) is 5.92 Å². The third-order valence-electron chi connectivity index (χ3n) is 3.76. The summed E-state index contributed by atoms with van der Waals surface area (Å²) < 4.78 is 32.6. The van der Waals surface area contributed by atoms with E-state index in [0.29, 0.717) is 12.1 Å². The Morgan fingerprint density at radius 1 is 1.52 bits per heavy atom. The lowest BCUT2D eigenvalue weighted by atomic mass is 9.97. The maximum Gasteiger partial charge on any atom is 0.244 e. The summed E-state index contributed by atoms with van der Waals surface area (Å²) in [5.41, 5.74) is 2.07. The Labute approximate surface area is 140 Å². The zero-order valence-corrected chi connectivity index (χ0v) is 14.4. The molecule has 0 unspecified atom stereocenters. The molecular formula is C13H20N4O4S2. The van der Waals surface area contributed by atoms with Crippen molar-refractivity contribution in [3.05, 3.63) is 35.2 Å². The van der Waals surface area contributed by atoms with Crippen molar-refractivity contribution in [1.82, 2.24) is 19.2 Å². The van der Waals surface area contributed by atoms with E-state index in [1.807, 2.05) is 13.8 Å². The lowest BCUT2D eigenvalue weighted by Gasteiger charge is -2.26. The highest BCUT2D eigenvalue weighted by atomic mass is 32.2. The van der Waals surface area contributed by atoms with Crippen LogP contribution < -0.4 is 14.9 Å². The van der Waals surface area contributed by atoms with Gasteiger partial charge in [-0.05, 0) is 18.1 Å². The van der Waals surface area contributed by atoms with E-state index in [9.17, 15) is 13.2 Å². The van der Waals surface area contributed by atoms with E-state index < -0.39 is 22.0 Å². The lowest BCUT2D eigenvalue weighted by Crippen LogP contribution is -2.43. The standard InChI is InChI=1S/C13H20N4O4S2/c1-3-9(2)10(7-13(18)15-19)16-23(20,21)12-5-4-6-17-11(12)8-14-22-17/h4-6,8-10,14,16,19H,3,7H2,1-2H3,(H,15,18)/t9-,10+/m0/s1. The quantitative estimate of drug-likeness (QED) is 0.304. The molecule has 8 nitrogen and oxygen atoms in total. The number of carbonyl (C=O) groups excluding carboxylic acids is 1. The normalized spacial score (nSPS) is 19.3. The van der Waals surface area contributed by atoms with Gasteiger partial charge in [-0.3, -0.25) is 14.3 Å². The summed E-state index contributed by atoms with van der Waals surface area (Å²) in [6.07, 6.45) is 7.07. The monoisotopic (exact) mass is 360 g/mol. The Kier molecular flexibility index (Phi) is 5.74. The van der Waals surface area contributed by atoms with Crippen LogP contribution in [0.1, 0.15) is 26.7 Å². The van der Waals surface area contributed by atoms with E-state index in [-0.39, 0.29) is 17.2 Å². The summed E-state index contributed by atoms with van der Waals surface area (Å²) in [6, 6.07) is -0.611. The van der Waals surface area contributed by atoms with Gasteiger partial charge in [0.25, 0.3) is 0 Å². The van der Waals surface area contributed by atoms with Gasteiger partial charge in [-0.1, -0.05) is 20.3 Å². The van der Waals surface area contributed by atoms with E-state index in [1.54, 1.807) is 28.3 Å². The van der Waals surface area contributed by atoms with E-state index in [4.69, 9.17) is 5.21 Å². The molecule has 0 saturated carbocycles. The van der Waals surface area contributed by atoms with Crippen LogP contribution in [0.2, 0.25) is 0 Å². The van der Waals surface area contributed by atoms with Crippen molar-refractivity contribution in [2.75, 3.05) is 0 Å². The van der Waals surface area contributed by atoms with Gasteiger partial charge in [0, 0.05) is 24.9 Å². The zero-order chi connectivity index (χ0) is 17.0. The number of nitrogens with one attached hydrogen (secondary N) is 3.